The van der Waals surface area contributed by atoms with Gasteiger partial charge in [0.05, 0.1) is 5.56 Å². The van der Waals surface area contributed by atoms with Crippen LogP contribution >= 0.6 is 50.1 Å². The Kier molecular flexibility index (Phi) is 5.86. The summed E-state index contributed by atoms with van der Waals surface area (Å²) in [6.45, 7) is 0.504. The molecule has 0 unspecified atom stereocenters. The highest BCUT2D eigenvalue weighted by Gasteiger charge is 2.10. The van der Waals surface area contributed by atoms with Crippen molar-refractivity contribution in [3.05, 3.63) is 67.2 Å². The lowest BCUT2D eigenvalue weighted by Crippen LogP contribution is -2.23. The summed E-state index contributed by atoms with van der Waals surface area (Å²) in [6.07, 6.45) is 0. The molecule has 0 saturated heterocycles. The average molecular weight is 465 g/mol. The van der Waals surface area contributed by atoms with Crippen LogP contribution in [0.25, 0.3) is 0 Å². The van der Waals surface area contributed by atoms with E-state index in [0.717, 1.165) is 19.2 Å². The molecule has 2 rings (SSSR count). The van der Waals surface area contributed by atoms with E-state index in [1.807, 2.05) is 42.5 Å². The number of rotatable bonds is 4. The van der Waals surface area contributed by atoms with E-state index in [1.54, 1.807) is 0 Å². The van der Waals surface area contributed by atoms with Gasteiger partial charge in [-0.1, -0.05) is 40.2 Å². The van der Waals surface area contributed by atoms with Crippen molar-refractivity contribution < 1.29 is 4.79 Å². The zero-order valence-electron chi connectivity index (χ0n) is 10.5. The van der Waals surface area contributed by atoms with E-state index >= 15 is 0 Å². The predicted molar refractivity (Wildman–Crippen MR) is 94.0 cm³/mol. The Labute approximate surface area is 145 Å². The third-order valence-electron chi connectivity index (χ3n) is 2.80. The second-order valence-electron chi connectivity index (χ2n) is 4.26. The first-order chi connectivity index (χ1) is 9.60. The lowest BCUT2D eigenvalue weighted by atomic mass is 10.1. The number of carbonyl (C=O) groups excluding carboxylic acids is 1. The summed E-state index contributed by atoms with van der Waals surface area (Å²) >= 11 is 11.3. The molecule has 0 aliphatic heterocycles. The molecule has 0 aliphatic carbocycles. The minimum Gasteiger partial charge on any atom is -0.348 e. The number of hydrogen-bond acceptors (Lipinski definition) is 1. The number of carbonyl (C=O) groups is 1. The smallest absolute Gasteiger partial charge is 0.252 e. The molecule has 5 heteroatoms. The van der Waals surface area contributed by atoms with Gasteiger partial charge in [0.2, 0.25) is 0 Å². The SMILES string of the molecule is O=C(NCc1ccc(CCl)cc1)c1cc(Br)ccc1I. The second kappa shape index (κ2) is 7.43. The molecule has 104 valence electrons. The van der Waals surface area contributed by atoms with Crippen molar-refractivity contribution in [3.8, 4) is 0 Å². The molecule has 0 saturated carbocycles. The first-order valence-electron chi connectivity index (χ1n) is 5.97. The Hall–Kier alpha value is -0.590. The normalized spacial score (nSPS) is 10.3. The molecule has 0 aromatic heterocycles. The molecule has 0 aliphatic rings. The highest BCUT2D eigenvalue weighted by molar-refractivity contribution is 14.1. The zero-order chi connectivity index (χ0) is 14.5. The minimum absolute atomic E-state index is 0.0721. The summed E-state index contributed by atoms with van der Waals surface area (Å²) < 4.78 is 1.83. The molecule has 0 bridgehead atoms. The third kappa shape index (κ3) is 4.20. The summed E-state index contributed by atoms with van der Waals surface area (Å²) in [5, 5.41) is 2.92. The summed E-state index contributed by atoms with van der Waals surface area (Å²) in [6, 6.07) is 13.6. The molecule has 0 radical (unpaired) electrons. The number of alkyl halides is 1. The predicted octanol–water partition coefficient (Wildman–Crippen LogP) is 4.72. The van der Waals surface area contributed by atoms with Crippen LogP contribution in [0.1, 0.15) is 21.5 Å². The Morgan fingerprint density at radius 2 is 1.80 bits per heavy atom. The monoisotopic (exact) mass is 463 g/mol. The van der Waals surface area contributed by atoms with Crippen molar-refractivity contribution in [2.24, 2.45) is 0 Å². The standard InChI is InChI=1S/C15H12BrClINO/c16-12-5-6-14(18)13(7-12)15(20)19-9-11-3-1-10(8-17)2-4-11/h1-7H,8-9H2,(H,19,20). The van der Waals surface area contributed by atoms with Crippen molar-refractivity contribution in [2.75, 3.05) is 0 Å². The third-order valence-corrected chi connectivity index (χ3v) is 4.55. The molecule has 1 amide bonds. The van der Waals surface area contributed by atoms with E-state index in [-0.39, 0.29) is 5.91 Å². The van der Waals surface area contributed by atoms with Crippen LogP contribution in [0.5, 0.6) is 0 Å². The van der Waals surface area contributed by atoms with Gasteiger partial charge in [0.25, 0.3) is 5.91 Å². The molecular weight excluding hydrogens is 452 g/mol. The van der Waals surface area contributed by atoms with Gasteiger partial charge in [-0.2, -0.15) is 0 Å². The van der Waals surface area contributed by atoms with Crippen molar-refractivity contribution in [1.29, 1.82) is 0 Å². The van der Waals surface area contributed by atoms with Crippen LogP contribution in [-0.2, 0) is 12.4 Å². The molecule has 2 nitrogen and oxygen atoms in total. The fraction of sp³-hybridized carbons (Fsp3) is 0.133. The van der Waals surface area contributed by atoms with Crippen LogP contribution in [0.15, 0.2) is 46.9 Å². The summed E-state index contributed by atoms with van der Waals surface area (Å²) in [5.74, 6) is 0.431. The zero-order valence-corrected chi connectivity index (χ0v) is 15.0. The minimum atomic E-state index is -0.0721. The number of amides is 1. The van der Waals surface area contributed by atoms with Gasteiger partial charge >= 0.3 is 0 Å². The maximum atomic E-state index is 12.2. The van der Waals surface area contributed by atoms with Crippen LogP contribution < -0.4 is 5.32 Å². The molecule has 0 heterocycles. The van der Waals surface area contributed by atoms with Gasteiger partial charge in [-0.05, 0) is 51.9 Å². The fourth-order valence-electron chi connectivity index (χ4n) is 1.70. The Bertz CT molecular complexity index is 616. The molecule has 0 fully saturated rings. The molecular formula is C15H12BrClINO. The van der Waals surface area contributed by atoms with Crippen LogP contribution in [0.2, 0.25) is 0 Å². The van der Waals surface area contributed by atoms with Gasteiger partial charge in [-0.25, -0.2) is 0 Å². The molecule has 1 N–H and O–H groups in total. The van der Waals surface area contributed by atoms with Crippen LogP contribution in [0.3, 0.4) is 0 Å². The van der Waals surface area contributed by atoms with E-state index in [2.05, 4.69) is 43.8 Å². The molecule has 2 aromatic rings. The van der Waals surface area contributed by atoms with Gasteiger partial charge in [0.1, 0.15) is 0 Å². The molecule has 20 heavy (non-hydrogen) atoms. The molecule has 0 atom stereocenters. The number of benzene rings is 2. The van der Waals surface area contributed by atoms with Gasteiger partial charge < -0.3 is 5.32 Å². The lowest BCUT2D eigenvalue weighted by Gasteiger charge is -2.08. The molecule has 2 aromatic carbocycles. The number of nitrogens with one attached hydrogen (secondary N) is 1. The van der Waals surface area contributed by atoms with Gasteiger partial charge in [-0.3, -0.25) is 4.79 Å². The largest absolute Gasteiger partial charge is 0.348 e. The van der Waals surface area contributed by atoms with Crippen LogP contribution in [0, 0.1) is 3.57 Å². The first-order valence-corrected chi connectivity index (χ1v) is 8.38. The van der Waals surface area contributed by atoms with E-state index in [9.17, 15) is 4.79 Å². The quantitative estimate of drug-likeness (QED) is 0.515. The van der Waals surface area contributed by atoms with Gasteiger partial charge in [-0.15, -0.1) is 11.6 Å². The lowest BCUT2D eigenvalue weighted by molar-refractivity contribution is 0.0950. The van der Waals surface area contributed by atoms with Crippen molar-refractivity contribution in [3.63, 3.8) is 0 Å². The van der Waals surface area contributed by atoms with E-state index in [1.165, 1.54) is 0 Å². The summed E-state index contributed by atoms with van der Waals surface area (Å²) in [5.41, 5.74) is 2.80. The van der Waals surface area contributed by atoms with Crippen LogP contribution in [-0.4, -0.2) is 5.91 Å². The Morgan fingerprint density at radius 3 is 2.45 bits per heavy atom. The van der Waals surface area contributed by atoms with Gasteiger partial charge in [0, 0.05) is 20.5 Å². The van der Waals surface area contributed by atoms with Crippen LogP contribution in [0.4, 0.5) is 0 Å². The summed E-state index contributed by atoms with van der Waals surface area (Å²) in [4.78, 5) is 12.2. The van der Waals surface area contributed by atoms with Crippen molar-refractivity contribution >= 4 is 56.0 Å². The second-order valence-corrected chi connectivity index (χ2v) is 6.60. The Balaban J connectivity index is 2.02. The highest BCUT2D eigenvalue weighted by atomic mass is 127. The Morgan fingerprint density at radius 1 is 1.15 bits per heavy atom. The maximum absolute atomic E-state index is 12.2. The number of hydrogen-bond donors (Lipinski definition) is 1. The number of halogens is 3. The van der Waals surface area contributed by atoms with Crippen molar-refractivity contribution in [1.82, 2.24) is 5.32 Å². The first kappa shape index (κ1) is 15.8. The average Bonchev–Trinajstić information content (AvgIpc) is 2.47. The topological polar surface area (TPSA) is 29.1 Å². The van der Waals surface area contributed by atoms with Crippen molar-refractivity contribution in [2.45, 2.75) is 12.4 Å². The maximum Gasteiger partial charge on any atom is 0.252 e. The molecule has 0 spiro atoms. The van der Waals surface area contributed by atoms with E-state index in [0.29, 0.717) is 18.0 Å². The highest BCUT2D eigenvalue weighted by Crippen LogP contribution is 2.18. The summed E-state index contributed by atoms with van der Waals surface area (Å²) in [7, 11) is 0. The van der Waals surface area contributed by atoms with E-state index < -0.39 is 0 Å². The fourth-order valence-corrected chi connectivity index (χ4v) is 2.81. The van der Waals surface area contributed by atoms with Gasteiger partial charge in [0.15, 0.2) is 0 Å². The van der Waals surface area contributed by atoms with E-state index in [4.69, 9.17) is 11.6 Å².